The summed E-state index contributed by atoms with van der Waals surface area (Å²) >= 11 is 0. The van der Waals surface area contributed by atoms with E-state index in [0.717, 1.165) is 11.4 Å². The lowest BCUT2D eigenvalue weighted by molar-refractivity contribution is 1.11. The van der Waals surface area contributed by atoms with Crippen LogP contribution in [0.5, 0.6) is 0 Å². The molecular weight excluding hydrogens is 172 g/mol. The van der Waals surface area contributed by atoms with E-state index in [4.69, 9.17) is 0 Å². The van der Waals surface area contributed by atoms with Gasteiger partial charge >= 0.3 is 0 Å². The molecule has 0 aliphatic heterocycles. The van der Waals surface area contributed by atoms with E-state index in [1.807, 2.05) is 12.3 Å². The largest absolute Gasteiger partial charge is 0.278 e. The average Bonchev–Trinajstić information content (AvgIpc) is 2.95. The summed E-state index contributed by atoms with van der Waals surface area (Å²) in [6.07, 6.45) is 6.47. The van der Waals surface area contributed by atoms with Gasteiger partial charge in [0.2, 0.25) is 0 Å². The first-order chi connectivity index (χ1) is 6.88. The molecule has 1 heterocycles. The molecule has 1 aromatic heterocycles. The number of aromatic nitrogens is 2. The summed E-state index contributed by atoms with van der Waals surface area (Å²) in [6.45, 7) is 3.86. The predicted molar refractivity (Wildman–Crippen MR) is 58.2 cm³/mol. The van der Waals surface area contributed by atoms with Crippen LogP contribution in [0.4, 0.5) is 0 Å². The highest BCUT2D eigenvalue weighted by atomic mass is 15.1. The van der Waals surface area contributed by atoms with Gasteiger partial charge in [-0.05, 0) is 42.0 Å². The van der Waals surface area contributed by atoms with Gasteiger partial charge in [-0.15, -0.1) is 0 Å². The smallest absolute Gasteiger partial charge is 0.0656 e. The molecule has 1 saturated carbocycles. The first kappa shape index (κ1) is 7.80. The second-order valence-corrected chi connectivity index (χ2v) is 3.92. The standard InChI is InChI=1S/C12H12N2/c1-2-8-6-12-10(7-13-14-12)5-11(8)9-3-4-9/h2,5-7,9H,1,3-4H2,(H,13,14). The monoisotopic (exact) mass is 184 g/mol. The number of benzene rings is 1. The molecular formula is C12H12N2. The summed E-state index contributed by atoms with van der Waals surface area (Å²) in [4.78, 5) is 0. The summed E-state index contributed by atoms with van der Waals surface area (Å²) in [5.41, 5.74) is 3.79. The Labute approximate surface area is 82.6 Å². The molecule has 0 bridgehead atoms. The zero-order chi connectivity index (χ0) is 9.54. The molecule has 1 fully saturated rings. The van der Waals surface area contributed by atoms with Crippen molar-refractivity contribution >= 4 is 17.0 Å². The van der Waals surface area contributed by atoms with Gasteiger partial charge in [-0.2, -0.15) is 5.10 Å². The lowest BCUT2D eigenvalue weighted by atomic mass is 10.0. The predicted octanol–water partition coefficient (Wildman–Crippen LogP) is 3.08. The SMILES string of the molecule is C=Cc1cc2[nH]ncc2cc1C1CC1. The van der Waals surface area contributed by atoms with E-state index < -0.39 is 0 Å². The molecule has 0 unspecified atom stereocenters. The molecule has 0 saturated heterocycles. The Morgan fingerprint density at radius 3 is 3.00 bits per heavy atom. The fourth-order valence-corrected chi connectivity index (χ4v) is 1.95. The van der Waals surface area contributed by atoms with Crippen LogP contribution in [0.3, 0.4) is 0 Å². The van der Waals surface area contributed by atoms with E-state index in [2.05, 4.69) is 28.9 Å². The summed E-state index contributed by atoms with van der Waals surface area (Å²) < 4.78 is 0. The second-order valence-electron chi connectivity index (χ2n) is 3.92. The van der Waals surface area contributed by atoms with Gasteiger partial charge in [0.05, 0.1) is 11.7 Å². The van der Waals surface area contributed by atoms with Gasteiger partial charge in [-0.25, -0.2) is 0 Å². The minimum atomic E-state index is 0.766. The van der Waals surface area contributed by atoms with Crippen LogP contribution in [0.1, 0.15) is 29.9 Å². The third kappa shape index (κ3) is 1.07. The maximum atomic E-state index is 4.04. The number of H-pyrrole nitrogens is 1. The number of rotatable bonds is 2. The van der Waals surface area contributed by atoms with Gasteiger partial charge in [-0.3, -0.25) is 5.10 Å². The van der Waals surface area contributed by atoms with Crippen molar-refractivity contribution in [3.05, 3.63) is 36.0 Å². The van der Waals surface area contributed by atoms with Crippen LogP contribution in [-0.2, 0) is 0 Å². The van der Waals surface area contributed by atoms with Crippen LogP contribution >= 0.6 is 0 Å². The Balaban J connectivity index is 2.28. The van der Waals surface area contributed by atoms with Gasteiger partial charge in [0.1, 0.15) is 0 Å². The number of nitrogens with zero attached hydrogens (tertiary/aromatic N) is 1. The molecule has 2 aromatic rings. The topological polar surface area (TPSA) is 28.7 Å². The van der Waals surface area contributed by atoms with E-state index in [0.29, 0.717) is 0 Å². The lowest BCUT2D eigenvalue weighted by Gasteiger charge is -2.04. The summed E-state index contributed by atoms with van der Waals surface area (Å²) in [5.74, 6) is 0.766. The summed E-state index contributed by atoms with van der Waals surface area (Å²) in [5, 5.41) is 8.23. The van der Waals surface area contributed by atoms with Crippen LogP contribution in [0.25, 0.3) is 17.0 Å². The number of nitrogens with one attached hydrogen (secondary N) is 1. The molecule has 3 rings (SSSR count). The van der Waals surface area contributed by atoms with Gasteiger partial charge < -0.3 is 0 Å². The van der Waals surface area contributed by atoms with Gasteiger partial charge in [0.15, 0.2) is 0 Å². The van der Waals surface area contributed by atoms with Gasteiger partial charge in [-0.1, -0.05) is 12.7 Å². The van der Waals surface area contributed by atoms with Crippen molar-refractivity contribution in [2.75, 3.05) is 0 Å². The molecule has 1 aromatic carbocycles. The van der Waals surface area contributed by atoms with Crippen LogP contribution < -0.4 is 0 Å². The molecule has 0 radical (unpaired) electrons. The van der Waals surface area contributed by atoms with Crippen LogP contribution in [-0.4, -0.2) is 10.2 Å². The van der Waals surface area contributed by atoms with E-state index in [1.54, 1.807) is 0 Å². The quantitative estimate of drug-likeness (QED) is 0.763. The van der Waals surface area contributed by atoms with Gasteiger partial charge in [0, 0.05) is 5.39 Å². The third-order valence-electron chi connectivity index (χ3n) is 2.88. The molecule has 0 amide bonds. The minimum absolute atomic E-state index is 0.766. The second kappa shape index (κ2) is 2.71. The van der Waals surface area contributed by atoms with Crippen molar-refractivity contribution in [1.82, 2.24) is 10.2 Å². The molecule has 1 N–H and O–H groups in total. The van der Waals surface area contributed by atoms with Crippen molar-refractivity contribution < 1.29 is 0 Å². The number of hydrogen-bond donors (Lipinski definition) is 1. The van der Waals surface area contributed by atoms with E-state index in [1.165, 1.54) is 29.4 Å². The van der Waals surface area contributed by atoms with Gasteiger partial charge in [0.25, 0.3) is 0 Å². The number of aromatic amines is 1. The fraction of sp³-hybridized carbons (Fsp3) is 0.250. The molecule has 2 nitrogen and oxygen atoms in total. The molecule has 14 heavy (non-hydrogen) atoms. The zero-order valence-corrected chi connectivity index (χ0v) is 7.96. The average molecular weight is 184 g/mol. The van der Waals surface area contributed by atoms with E-state index in [9.17, 15) is 0 Å². The molecule has 0 atom stereocenters. The Hall–Kier alpha value is -1.57. The van der Waals surface area contributed by atoms with Crippen molar-refractivity contribution in [1.29, 1.82) is 0 Å². The van der Waals surface area contributed by atoms with Crippen LogP contribution in [0, 0.1) is 0 Å². The van der Waals surface area contributed by atoms with Crippen molar-refractivity contribution in [2.24, 2.45) is 0 Å². The molecule has 70 valence electrons. The lowest BCUT2D eigenvalue weighted by Crippen LogP contribution is -1.85. The Bertz CT molecular complexity index is 492. The zero-order valence-electron chi connectivity index (χ0n) is 7.96. The normalized spacial score (nSPS) is 16.0. The fourth-order valence-electron chi connectivity index (χ4n) is 1.95. The van der Waals surface area contributed by atoms with E-state index >= 15 is 0 Å². The molecule has 1 aliphatic carbocycles. The summed E-state index contributed by atoms with van der Waals surface area (Å²) in [7, 11) is 0. The minimum Gasteiger partial charge on any atom is -0.278 e. The number of fused-ring (bicyclic) bond motifs is 1. The van der Waals surface area contributed by atoms with Crippen LogP contribution in [0.15, 0.2) is 24.9 Å². The maximum Gasteiger partial charge on any atom is 0.0656 e. The molecule has 2 heteroatoms. The first-order valence-electron chi connectivity index (χ1n) is 4.98. The first-order valence-corrected chi connectivity index (χ1v) is 4.98. The third-order valence-corrected chi connectivity index (χ3v) is 2.88. The van der Waals surface area contributed by atoms with Crippen LogP contribution in [0.2, 0.25) is 0 Å². The van der Waals surface area contributed by atoms with E-state index in [-0.39, 0.29) is 0 Å². The highest BCUT2D eigenvalue weighted by Crippen LogP contribution is 2.42. The molecule has 0 spiro atoms. The molecule has 1 aliphatic rings. The van der Waals surface area contributed by atoms with Crippen molar-refractivity contribution in [3.8, 4) is 0 Å². The Kier molecular flexibility index (Phi) is 1.51. The summed E-state index contributed by atoms with van der Waals surface area (Å²) in [6, 6.07) is 4.39. The van der Waals surface area contributed by atoms with Crippen molar-refractivity contribution in [2.45, 2.75) is 18.8 Å². The van der Waals surface area contributed by atoms with Crippen molar-refractivity contribution in [3.63, 3.8) is 0 Å². The Morgan fingerprint density at radius 1 is 1.43 bits per heavy atom. The Morgan fingerprint density at radius 2 is 2.29 bits per heavy atom. The highest BCUT2D eigenvalue weighted by molar-refractivity contribution is 5.82. The highest BCUT2D eigenvalue weighted by Gasteiger charge is 2.25. The maximum absolute atomic E-state index is 4.04. The number of hydrogen-bond acceptors (Lipinski definition) is 1.